The molecule has 0 aliphatic rings. The summed E-state index contributed by atoms with van der Waals surface area (Å²) in [6, 6.07) is 15.1. The van der Waals surface area contributed by atoms with Crippen LogP contribution in [0.1, 0.15) is 44.9 Å². The molecule has 152 valence electrons. The lowest BCUT2D eigenvalue weighted by Crippen LogP contribution is -2.28. The van der Waals surface area contributed by atoms with Crippen molar-refractivity contribution >= 4 is 33.4 Å². The molecule has 0 aliphatic carbocycles. The summed E-state index contributed by atoms with van der Waals surface area (Å²) >= 11 is 1.49. The van der Waals surface area contributed by atoms with Gasteiger partial charge in [0.1, 0.15) is 0 Å². The van der Waals surface area contributed by atoms with E-state index in [1.807, 2.05) is 25.1 Å². The first-order valence-corrected chi connectivity index (χ1v) is 11.9. The first-order chi connectivity index (χ1) is 12.9. The van der Waals surface area contributed by atoms with Crippen LogP contribution in [-0.2, 0) is 20.2 Å². The first-order valence-electron chi connectivity index (χ1n) is 9.04. The van der Waals surface area contributed by atoms with E-state index in [0.717, 1.165) is 16.7 Å². The van der Waals surface area contributed by atoms with Gasteiger partial charge in [0, 0.05) is 10.6 Å². The van der Waals surface area contributed by atoms with Gasteiger partial charge in [0.15, 0.2) is 0 Å². The van der Waals surface area contributed by atoms with Crippen molar-refractivity contribution in [3.63, 3.8) is 0 Å². The number of benzene rings is 2. The van der Waals surface area contributed by atoms with Gasteiger partial charge in [-0.3, -0.25) is 9.52 Å². The Bertz CT molecular complexity index is 917. The summed E-state index contributed by atoms with van der Waals surface area (Å²) in [7, 11) is -3.34. The van der Waals surface area contributed by atoms with Crippen LogP contribution in [0.2, 0.25) is 0 Å². The highest BCUT2D eigenvalue weighted by atomic mass is 32.2. The Balaban J connectivity index is 1.91. The van der Waals surface area contributed by atoms with Gasteiger partial charge in [-0.25, -0.2) is 8.42 Å². The van der Waals surface area contributed by atoms with Crippen LogP contribution in [0.25, 0.3) is 0 Å². The third kappa shape index (κ3) is 7.20. The summed E-state index contributed by atoms with van der Waals surface area (Å²) in [5.41, 5.74) is 2.68. The molecule has 0 spiro atoms. The van der Waals surface area contributed by atoms with Crippen LogP contribution in [0.4, 0.5) is 5.69 Å². The Labute approximate surface area is 172 Å². The topological polar surface area (TPSA) is 75.3 Å². The highest BCUT2D eigenvalue weighted by Gasteiger charge is 2.14. The van der Waals surface area contributed by atoms with Gasteiger partial charge in [0.25, 0.3) is 0 Å². The molecule has 0 fully saturated rings. The predicted octanol–water partition coefficient (Wildman–Crippen LogP) is 4.33. The van der Waals surface area contributed by atoms with Crippen LogP contribution >= 0.6 is 11.8 Å². The van der Waals surface area contributed by atoms with Crippen LogP contribution < -0.4 is 10.0 Å². The molecule has 0 aromatic heterocycles. The molecule has 0 radical (unpaired) electrons. The van der Waals surface area contributed by atoms with Crippen LogP contribution in [0.15, 0.2) is 53.4 Å². The van der Waals surface area contributed by atoms with Gasteiger partial charge >= 0.3 is 0 Å². The summed E-state index contributed by atoms with van der Waals surface area (Å²) in [5, 5.41) is 2.96. The molecule has 7 heteroatoms. The molecule has 1 amide bonds. The fourth-order valence-corrected chi connectivity index (χ4v) is 3.92. The van der Waals surface area contributed by atoms with E-state index in [9.17, 15) is 13.2 Å². The van der Waals surface area contributed by atoms with Crippen molar-refractivity contribution in [2.75, 3.05) is 16.7 Å². The number of hydrogen-bond acceptors (Lipinski definition) is 4. The van der Waals surface area contributed by atoms with Crippen LogP contribution in [0, 0.1) is 0 Å². The van der Waals surface area contributed by atoms with Gasteiger partial charge in [0.05, 0.1) is 18.1 Å². The first kappa shape index (κ1) is 22.3. The largest absolute Gasteiger partial charge is 0.349 e. The second-order valence-corrected chi connectivity index (χ2v) is 10.6. The quantitative estimate of drug-likeness (QED) is 0.654. The maximum Gasteiger partial charge on any atom is 0.230 e. The molecule has 28 heavy (non-hydrogen) atoms. The van der Waals surface area contributed by atoms with Crippen molar-refractivity contribution in [1.29, 1.82) is 0 Å². The second-order valence-electron chi connectivity index (χ2n) is 7.85. The van der Waals surface area contributed by atoms with E-state index >= 15 is 0 Å². The van der Waals surface area contributed by atoms with Crippen molar-refractivity contribution in [2.24, 2.45) is 0 Å². The number of sulfonamides is 1. The minimum atomic E-state index is -3.34. The number of anilines is 1. The minimum absolute atomic E-state index is 0.0705. The molecular weight excluding hydrogens is 392 g/mol. The summed E-state index contributed by atoms with van der Waals surface area (Å²) in [6.45, 7) is 8.39. The second kappa shape index (κ2) is 9.01. The normalized spacial score (nSPS) is 13.0. The van der Waals surface area contributed by atoms with Gasteiger partial charge in [-0.15, -0.1) is 11.8 Å². The number of carbonyl (C=O) groups is 1. The van der Waals surface area contributed by atoms with Crippen LogP contribution in [0.5, 0.6) is 0 Å². The average molecular weight is 421 g/mol. The summed E-state index contributed by atoms with van der Waals surface area (Å²) in [4.78, 5) is 13.3. The molecule has 2 aromatic carbocycles. The third-order valence-corrected chi connectivity index (χ3v) is 5.78. The summed E-state index contributed by atoms with van der Waals surface area (Å²) in [5.74, 6) is 0.249. The van der Waals surface area contributed by atoms with E-state index in [2.05, 4.69) is 42.9 Å². The highest BCUT2D eigenvalue weighted by molar-refractivity contribution is 8.00. The van der Waals surface area contributed by atoms with Gasteiger partial charge in [-0.2, -0.15) is 0 Å². The van der Waals surface area contributed by atoms with Gasteiger partial charge in [-0.1, -0.05) is 45.0 Å². The molecule has 1 unspecified atom stereocenters. The minimum Gasteiger partial charge on any atom is -0.349 e. The van der Waals surface area contributed by atoms with Crippen molar-refractivity contribution in [1.82, 2.24) is 5.32 Å². The van der Waals surface area contributed by atoms with Crippen LogP contribution in [-0.4, -0.2) is 26.3 Å². The van der Waals surface area contributed by atoms with E-state index in [-0.39, 0.29) is 17.4 Å². The van der Waals surface area contributed by atoms with Gasteiger partial charge in [-0.05, 0) is 47.7 Å². The molecule has 0 aliphatic heterocycles. The van der Waals surface area contributed by atoms with Gasteiger partial charge in [0.2, 0.25) is 15.9 Å². The van der Waals surface area contributed by atoms with E-state index in [0.29, 0.717) is 11.4 Å². The number of hydrogen-bond donors (Lipinski definition) is 2. The van der Waals surface area contributed by atoms with Crippen molar-refractivity contribution in [3.8, 4) is 0 Å². The molecule has 0 bridgehead atoms. The molecule has 0 heterocycles. The van der Waals surface area contributed by atoms with E-state index < -0.39 is 10.0 Å². The number of amides is 1. The van der Waals surface area contributed by atoms with E-state index in [4.69, 9.17) is 0 Å². The maximum atomic E-state index is 12.3. The predicted molar refractivity (Wildman–Crippen MR) is 117 cm³/mol. The SMILES string of the molecule is CC(NC(=O)CSc1ccc(C(C)(C)C)cc1)c1cccc(NS(C)(=O)=O)c1. The Morgan fingerprint density at radius 2 is 1.75 bits per heavy atom. The third-order valence-electron chi connectivity index (χ3n) is 4.16. The smallest absolute Gasteiger partial charge is 0.230 e. The lowest BCUT2D eigenvalue weighted by Gasteiger charge is -2.19. The maximum absolute atomic E-state index is 12.3. The zero-order chi connectivity index (χ0) is 20.9. The lowest BCUT2D eigenvalue weighted by molar-refractivity contribution is -0.119. The van der Waals surface area contributed by atoms with Gasteiger partial charge < -0.3 is 5.32 Å². The van der Waals surface area contributed by atoms with Crippen molar-refractivity contribution < 1.29 is 13.2 Å². The average Bonchev–Trinajstić information content (AvgIpc) is 2.58. The summed E-state index contributed by atoms with van der Waals surface area (Å²) < 4.78 is 25.2. The zero-order valence-corrected chi connectivity index (χ0v) is 18.6. The molecular formula is C21H28N2O3S2. The molecule has 2 N–H and O–H groups in total. The van der Waals surface area contributed by atoms with E-state index in [1.165, 1.54) is 17.3 Å². The molecule has 0 saturated heterocycles. The fraction of sp³-hybridized carbons (Fsp3) is 0.381. The Morgan fingerprint density at radius 3 is 2.32 bits per heavy atom. The highest BCUT2D eigenvalue weighted by Crippen LogP contribution is 2.26. The molecule has 2 rings (SSSR count). The number of thioether (sulfide) groups is 1. The number of nitrogens with one attached hydrogen (secondary N) is 2. The van der Waals surface area contributed by atoms with Crippen LogP contribution in [0.3, 0.4) is 0 Å². The van der Waals surface area contributed by atoms with Crippen molar-refractivity contribution in [2.45, 2.75) is 44.0 Å². The standard InChI is InChI=1S/C21H28N2O3S2/c1-15(16-7-6-8-18(13-16)23-28(5,25)26)22-20(24)14-27-19-11-9-17(10-12-19)21(2,3)4/h6-13,15,23H,14H2,1-5H3,(H,22,24). The Kier molecular flexibility index (Phi) is 7.17. The van der Waals surface area contributed by atoms with E-state index in [1.54, 1.807) is 18.2 Å². The summed E-state index contributed by atoms with van der Waals surface area (Å²) in [6.07, 6.45) is 1.11. The monoisotopic (exact) mass is 420 g/mol. The fourth-order valence-electron chi connectivity index (χ4n) is 2.65. The number of rotatable bonds is 7. The Hall–Kier alpha value is -1.99. The number of carbonyl (C=O) groups excluding carboxylic acids is 1. The lowest BCUT2D eigenvalue weighted by atomic mass is 9.87. The Morgan fingerprint density at radius 1 is 1.11 bits per heavy atom. The molecule has 2 aromatic rings. The molecule has 1 atom stereocenters. The molecule has 0 saturated carbocycles. The zero-order valence-electron chi connectivity index (χ0n) is 16.9. The molecule has 5 nitrogen and oxygen atoms in total. The van der Waals surface area contributed by atoms with Crippen molar-refractivity contribution in [3.05, 3.63) is 59.7 Å².